The van der Waals surface area contributed by atoms with E-state index < -0.39 is 17.7 Å². The number of ether oxygens (including phenoxy) is 3. The number of pyridine rings is 1. The summed E-state index contributed by atoms with van der Waals surface area (Å²) >= 11 is 0. The van der Waals surface area contributed by atoms with Crippen molar-refractivity contribution in [3.05, 3.63) is 59.4 Å². The number of alkyl halides is 3. The van der Waals surface area contributed by atoms with Gasteiger partial charge in [0, 0.05) is 23.5 Å². The van der Waals surface area contributed by atoms with Crippen LogP contribution in [0.15, 0.2) is 42.7 Å². The summed E-state index contributed by atoms with van der Waals surface area (Å²) in [5.74, 6) is 0.476. The van der Waals surface area contributed by atoms with Crippen LogP contribution in [0.4, 0.5) is 13.2 Å². The molecule has 3 rings (SSSR count). The molecular weight excluding hydrogens is 467 g/mol. The monoisotopic (exact) mass is 493 g/mol. The standard InChI is InChI=1S/C24H26F3N3O5/c1-3-33-19-9-5-7-16(13-21(31)32)22(19)35-12-6-8-17-15-30(29-23(17)34-4-2)20-11-10-18(14-28-20)24(25,26)27/h5,7,9-11,14-15H,3-4,6,8,12-13H2,1-2H3,(H,31,32). The second-order valence-electron chi connectivity index (χ2n) is 7.44. The third-order valence-electron chi connectivity index (χ3n) is 4.88. The van der Waals surface area contributed by atoms with Gasteiger partial charge in [0.15, 0.2) is 17.3 Å². The molecule has 0 amide bonds. The van der Waals surface area contributed by atoms with Gasteiger partial charge in [0.1, 0.15) is 0 Å². The molecule has 3 aromatic rings. The summed E-state index contributed by atoms with van der Waals surface area (Å²) < 4.78 is 56.9. The maximum Gasteiger partial charge on any atom is 0.417 e. The van der Waals surface area contributed by atoms with Crippen LogP contribution < -0.4 is 14.2 Å². The van der Waals surface area contributed by atoms with E-state index in [-0.39, 0.29) is 18.8 Å². The maximum atomic E-state index is 12.8. The molecule has 0 atom stereocenters. The minimum Gasteiger partial charge on any atom is -0.490 e. The summed E-state index contributed by atoms with van der Waals surface area (Å²) in [5, 5.41) is 13.5. The summed E-state index contributed by atoms with van der Waals surface area (Å²) in [6, 6.07) is 7.31. The summed E-state index contributed by atoms with van der Waals surface area (Å²) in [6.45, 7) is 4.66. The first-order valence-electron chi connectivity index (χ1n) is 11.1. The molecule has 11 heteroatoms. The van der Waals surface area contributed by atoms with Crippen LogP contribution in [0.3, 0.4) is 0 Å². The van der Waals surface area contributed by atoms with E-state index in [1.807, 2.05) is 6.92 Å². The lowest BCUT2D eigenvalue weighted by atomic mass is 10.1. The molecule has 2 heterocycles. The van der Waals surface area contributed by atoms with Gasteiger partial charge >= 0.3 is 12.1 Å². The van der Waals surface area contributed by atoms with Gasteiger partial charge in [-0.05, 0) is 44.9 Å². The van der Waals surface area contributed by atoms with E-state index in [1.54, 1.807) is 31.3 Å². The second-order valence-corrected chi connectivity index (χ2v) is 7.44. The average Bonchev–Trinajstić information content (AvgIpc) is 3.20. The van der Waals surface area contributed by atoms with E-state index in [0.717, 1.165) is 17.8 Å². The van der Waals surface area contributed by atoms with Crippen LogP contribution in [-0.2, 0) is 23.8 Å². The Hall–Kier alpha value is -3.76. The summed E-state index contributed by atoms with van der Waals surface area (Å²) in [5.41, 5.74) is 0.408. The Bertz CT molecular complexity index is 1130. The molecule has 0 bridgehead atoms. The number of hydrogen-bond donors (Lipinski definition) is 1. The molecule has 1 N–H and O–H groups in total. The fourth-order valence-corrected chi connectivity index (χ4v) is 3.36. The normalized spacial score (nSPS) is 11.3. The Balaban J connectivity index is 1.70. The van der Waals surface area contributed by atoms with Crippen molar-refractivity contribution in [2.45, 2.75) is 39.3 Å². The van der Waals surface area contributed by atoms with E-state index in [0.29, 0.717) is 49.0 Å². The van der Waals surface area contributed by atoms with Crippen molar-refractivity contribution in [2.24, 2.45) is 0 Å². The number of aliphatic carboxylic acids is 1. The molecule has 0 unspecified atom stereocenters. The molecule has 0 saturated carbocycles. The molecule has 0 spiro atoms. The molecule has 0 aliphatic rings. The number of nitrogens with zero attached hydrogens (tertiary/aromatic N) is 3. The zero-order chi connectivity index (χ0) is 25.4. The quantitative estimate of drug-likeness (QED) is 0.365. The Morgan fingerprint density at radius 3 is 2.46 bits per heavy atom. The Morgan fingerprint density at radius 1 is 1.06 bits per heavy atom. The number of hydrogen-bond acceptors (Lipinski definition) is 6. The lowest BCUT2D eigenvalue weighted by Gasteiger charge is -2.15. The highest BCUT2D eigenvalue weighted by molar-refractivity contribution is 5.72. The molecular formula is C24H26F3N3O5. The number of carboxylic acid groups (broad SMARTS) is 1. The van der Waals surface area contributed by atoms with Gasteiger partial charge in [0.05, 0.1) is 31.8 Å². The number of rotatable bonds is 12. The van der Waals surface area contributed by atoms with Crippen LogP contribution in [0.1, 0.15) is 37.0 Å². The SMILES string of the molecule is CCOc1cccc(CC(=O)O)c1OCCCc1cn(-c2ccc(C(F)(F)F)cn2)nc1OCC. The zero-order valence-electron chi connectivity index (χ0n) is 19.3. The highest BCUT2D eigenvalue weighted by atomic mass is 19.4. The maximum absolute atomic E-state index is 12.8. The second kappa shape index (κ2) is 11.6. The largest absolute Gasteiger partial charge is 0.490 e. The molecule has 0 aliphatic carbocycles. The summed E-state index contributed by atoms with van der Waals surface area (Å²) in [7, 11) is 0. The number of benzene rings is 1. The van der Waals surface area contributed by atoms with Crippen LogP contribution in [0.5, 0.6) is 17.4 Å². The minimum absolute atomic E-state index is 0.197. The van der Waals surface area contributed by atoms with E-state index in [4.69, 9.17) is 14.2 Å². The Labute approximate surface area is 200 Å². The Morgan fingerprint density at radius 2 is 1.83 bits per heavy atom. The van der Waals surface area contributed by atoms with Gasteiger partial charge in [-0.3, -0.25) is 4.79 Å². The summed E-state index contributed by atoms with van der Waals surface area (Å²) in [4.78, 5) is 15.1. The van der Waals surface area contributed by atoms with Crippen LogP contribution in [0.25, 0.3) is 5.82 Å². The topological polar surface area (TPSA) is 95.7 Å². The minimum atomic E-state index is -4.47. The predicted octanol–water partition coefficient (Wildman–Crippen LogP) is 4.72. The van der Waals surface area contributed by atoms with Gasteiger partial charge in [0.25, 0.3) is 0 Å². The number of para-hydroxylation sites is 1. The predicted molar refractivity (Wildman–Crippen MR) is 120 cm³/mol. The molecule has 0 fully saturated rings. The number of carboxylic acids is 1. The van der Waals surface area contributed by atoms with Gasteiger partial charge in [-0.25, -0.2) is 9.67 Å². The summed E-state index contributed by atoms with van der Waals surface area (Å²) in [6.07, 6.45) is -1.21. The first kappa shape index (κ1) is 25.9. The number of carbonyl (C=O) groups is 1. The van der Waals surface area contributed by atoms with Crippen molar-refractivity contribution in [1.82, 2.24) is 14.8 Å². The van der Waals surface area contributed by atoms with Crippen LogP contribution >= 0.6 is 0 Å². The number of aryl methyl sites for hydroxylation is 1. The van der Waals surface area contributed by atoms with Crippen molar-refractivity contribution < 1.29 is 37.3 Å². The van der Waals surface area contributed by atoms with Gasteiger partial charge in [-0.1, -0.05) is 12.1 Å². The van der Waals surface area contributed by atoms with E-state index in [2.05, 4.69) is 10.1 Å². The Kier molecular flexibility index (Phi) is 8.56. The number of aromatic nitrogens is 3. The van der Waals surface area contributed by atoms with Crippen LogP contribution in [-0.4, -0.2) is 45.7 Å². The highest BCUT2D eigenvalue weighted by Crippen LogP contribution is 2.32. The van der Waals surface area contributed by atoms with Crippen molar-refractivity contribution in [3.63, 3.8) is 0 Å². The third-order valence-corrected chi connectivity index (χ3v) is 4.88. The molecule has 0 aliphatic heterocycles. The smallest absolute Gasteiger partial charge is 0.417 e. The molecule has 35 heavy (non-hydrogen) atoms. The van der Waals surface area contributed by atoms with Gasteiger partial charge in [0.2, 0.25) is 5.88 Å². The zero-order valence-corrected chi connectivity index (χ0v) is 19.3. The van der Waals surface area contributed by atoms with Crippen molar-refractivity contribution in [3.8, 4) is 23.2 Å². The highest BCUT2D eigenvalue weighted by Gasteiger charge is 2.30. The molecule has 0 saturated heterocycles. The third kappa shape index (κ3) is 6.87. The lowest BCUT2D eigenvalue weighted by Crippen LogP contribution is -2.08. The van der Waals surface area contributed by atoms with Crippen LogP contribution in [0.2, 0.25) is 0 Å². The molecule has 8 nitrogen and oxygen atoms in total. The first-order valence-corrected chi connectivity index (χ1v) is 11.1. The fraction of sp³-hybridized carbons (Fsp3) is 0.375. The van der Waals surface area contributed by atoms with E-state index >= 15 is 0 Å². The van der Waals surface area contributed by atoms with Crippen molar-refractivity contribution in [2.75, 3.05) is 19.8 Å². The average molecular weight is 493 g/mol. The first-order chi connectivity index (χ1) is 16.7. The van der Waals surface area contributed by atoms with E-state index in [1.165, 1.54) is 10.7 Å². The molecule has 188 valence electrons. The van der Waals surface area contributed by atoms with Gasteiger partial charge in [-0.15, -0.1) is 5.10 Å². The fourth-order valence-electron chi connectivity index (χ4n) is 3.36. The molecule has 0 radical (unpaired) electrons. The van der Waals surface area contributed by atoms with Crippen molar-refractivity contribution in [1.29, 1.82) is 0 Å². The molecule has 1 aromatic carbocycles. The van der Waals surface area contributed by atoms with E-state index in [9.17, 15) is 23.1 Å². The van der Waals surface area contributed by atoms with Crippen LogP contribution in [0, 0.1) is 0 Å². The van der Waals surface area contributed by atoms with Gasteiger partial charge in [-0.2, -0.15) is 13.2 Å². The van der Waals surface area contributed by atoms with Gasteiger partial charge < -0.3 is 19.3 Å². The molecule has 2 aromatic heterocycles. The lowest BCUT2D eigenvalue weighted by molar-refractivity contribution is -0.138. The van der Waals surface area contributed by atoms with Crippen molar-refractivity contribution >= 4 is 5.97 Å². The number of halogens is 3.